The Kier molecular flexibility index (Phi) is 7.35. The normalized spacial score (nSPS) is 12.5. The molecule has 0 aliphatic heterocycles. The van der Waals surface area contributed by atoms with Crippen LogP contribution in [-0.2, 0) is 11.0 Å². The van der Waals surface area contributed by atoms with Gasteiger partial charge in [-0.2, -0.15) is 13.2 Å². The number of alkyl halides is 3. The van der Waals surface area contributed by atoms with Crippen LogP contribution >= 0.6 is 11.8 Å². The molecule has 0 radical (unpaired) electrons. The smallest absolute Gasteiger partial charge is 0.416 e. The third-order valence-electron chi connectivity index (χ3n) is 3.25. The molecule has 0 saturated heterocycles. The van der Waals surface area contributed by atoms with Gasteiger partial charge in [-0.25, -0.2) is 0 Å². The van der Waals surface area contributed by atoms with Gasteiger partial charge in [0.1, 0.15) is 18.5 Å². The second-order valence-electron chi connectivity index (χ2n) is 5.40. The van der Waals surface area contributed by atoms with Crippen molar-refractivity contribution in [3.63, 3.8) is 0 Å². The number of carbonyl (C=O) groups excluding carboxylic acids is 1. The number of hydrogen-bond donors (Lipinski definition) is 2. The predicted octanol–water partition coefficient (Wildman–Crippen LogP) is 3.35. The van der Waals surface area contributed by atoms with E-state index in [-0.39, 0.29) is 30.6 Å². The van der Waals surface area contributed by atoms with Gasteiger partial charge in [0.2, 0.25) is 5.91 Å². The van der Waals surface area contributed by atoms with Crippen molar-refractivity contribution >= 4 is 17.7 Å². The summed E-state index contributed by atoms with van der Waals surface area (Å²) in [6.45, 7) is -0.277. The summed E-state index contributed by atoms with van der Waals surface area (Å²) in [6, 6.07) is 13.8. The highest BCUT2D eigenvalue weighted by Gasteiger charge is 2.30. The fraction of sp³-hybridized carbons (Fsp3) is 0.278. The van der Waals surface area contributed by atoms with Crippen LogP contribution < -0.4 is 10.1 Å². The average Bonchev–Trinajstić information content (AvgIpc) is 2.63. The first-order valence-electron chi connectivity index (χ1n) is 7.77. The van der Waals surface area contributed by atoms with E-state index < -0.39 is 17.8 Å². The molecule has 0 bridgehead atoms. The number of nitrogens with one attached hydrogen (secondary N) is 1. The van der Waals surface area contributed by atoms with Crippen molar-refractivity contribution in [1.82, 2.24) is 5.32 Å². The summed E-state index contributed by atoms with van der Waals surface area (Å²) in [5.74, 6) is -0.0487. The largest absolute Gasteiger partial charge is 0.491 e. The first-order valence-corrected chi connectivity index (χ1v) is 8.76. The summed E-state index contributed by atoms with van der Waals surface area (Å²) in [6.07, 6.45) is -5.49. The molecule has 1 atom stereocenters. The second-order valence-corrected chi connectivity index (χ2v) is 6.44. The van der Waals surface area contributed by atoms with Crippen molar-refractivity contribution in [1.29, 1.82) is 0 Å². The Morgan fingerprint density at radius 1 is 1.15 bits per heavy atom. The van der Waals surface area contributed by atoms with Gasteiger partial charge < -0.3 is 15.2 Å². The summed E-state index contributed by atoms with van der Waals surface area (Å²) >= 11 is 1.36. The van der Waals surface area contributed by atoms with Crippen LogP contribution in [0.15, 0.2) is 59.5 Å². The quantitative estimate of drug-likeness (QED) is 0.685. The van der Waals surface area contributed by atoms with E-state index in [0.29, 0.717) is 0 Å². The van der Waals surface area contributed by atoms with Crippen molar-refractivity contribution in [3.05, 3.63) is 60.2 Å². The zero-order valence-electron chi connectivity index (χ0n) is 13.7. The molecule has 2 aromatic rings. The van der Waals surface area contributed by atoms with Gasteiger partial charge in [0, 0.05) is 11.4 Å². The van der Waals surface area contributed by atoms with Gasteiger partial charge in [-0.05, 0) is 30.3 Å². The molecular formula is C18H18F3NO3S. The Morgan fingerprint density at radius 2 is 1.88 bits per heavy atom. The molecule has 26 heavy (non-hydrogen) atoms. The van der Waals surface area contributed by atoms with Crippen LogP contribution in [-0.4, -0.2) is 36.0 Å². The fourth-order valence-corrected chi connectivity index (χ4v) is 2.71. The standard InChI is InChI=1S/C18H18F3NO3S/c19-18(20,21)13-5-4-6-15(9-13)25-11-14(23)10-22-17(24)12-26-16-7-2-1-3-8-16/h1-9,14,23H,10-12H2,(H,22,24). The van der Waals surface area contributed by atoms with E-state index >= 15 is 0 Å². The Bertz CT molecular complexity index is 710. The Balaban J connectivity index is 1.70. The SMILES string of the molecule is O=C(CSc1ccccc1)NCC(O)COc1cccc(C(F)(F)F)c1. The number of amides is 1. The van der Waals surface area contributed by atoms with Crippen molar-refractivity contribution in [3.8, 4) is 5.75 Å². The van der Waals surface area contributed by atoms with Crippen LogP contribution in [0.5, 0.6) is 5.75 Å². The summed E-state index contributed by atoms with van der Waals surface area (Å²) in [5, 5.41) is 12.4. The van der Waals surface area contributed by atoms with Gasteiger partial charge in [-0.1, -0.05) is 24.3 Å². The molecule has 0 aromatic heterocycles. The van der Waals surface area contributed by atoms with E-state index in [4.69, 9.17) is 4.74 Å². The number of aliphatic hydroxyl groups excluding tert-OH is 1. The lowest BCUT2D eigenvalue weighted by Gasteiger charge is -2.14. The number of thioether (sulfide) groups is 1. The molecule has 2 aromatic carbocycles. The molecular weight excluding hydrogens is 367 g/mol. The summed E-state index contributed by atoms with van der Waals surface area (Å²) in [7, 11) is 0. The molecule has 0 saturated carbocycles. The van der Waals surface area contributed by atoms with Gasteiger partial charge >= 0.3 is 6.18 Å². The maximum Gasteiger partial charge on any atom is 0.416 e. The van der Waals surface area contributed by atoms with Crippen molar-refractivity contribution in [2.45, 2.75) is 17.2 Å². The maximum atomic E-state index is 12.6. The molecule has 0 spiro atoms. The van der Waals surface area contributed by atoms with Gasteiger partial charge in [0.25, 0.3) is 0 Å². The summed E-state index contributed by atoms with van der Waals surface area (Å²) < 4.78 is 43.0. The number of halogens is 3. The number of ether oxygens (including phenoxy) is 1. The molecule has 8 heteroatoms. The third-order valence-corrected chi connectivity index (χ3v) is 4.26. The van der Waals surface area contributed by atoms with E-state index in [1.807, 2.05) is 30.3 Å². The highest BCUT2D eigenvalue weighted by atomic mass is 32.2. The topological polar surface area (TPSA) is 58.6 Å². The molecule has 4 nitrogen and oxygen atoms in total. The molecule has 0 aliphatic carbocycles. The Hall–Kier alpha value is -2.19. The zero-order chi connectivity index (χ0) is 19.0. The van der Waals surface area contributed by atoms with E-state index in [0.717, 1.165) is 17.0 Å². The van der Waals surface area contributed by atoms with E-state index in [2.05, 4.69) is 5.32 Å². The number of rotatable bonds is 8. The number of carbonyl (C=O) groups is 1. The number of benzene rings is 2. The summed E-state index contributed by atoms with van der Waals surface area (Å²) in [4.78, 5) is 12.7. The van der Waals surface area contributed by atoms with Crippen LogP contribution in [0.2, 0.25) is 0 Å². The molecule has 0 heterocycles. The van der Waals surface area contributed by atoms with Crippen LogP contribution in [0.4, 0.5) is 13.2 Å². The lowest BCUT2D eigenvalue weighted by atomic mass is 10.2. The third kappa shape index (κ3) is 6.97. The van der Waals surface area contributed by atoms with Crippen LogP contribution in [0, 0.1) is 0 Å². The van der Waals surface area contributed by atoms with Gasteiger partial charge in [0.15, 0.2) is 0 Å². The number of aliphatic hydroxyl groups is 1. The zero-order valence-corrected chi connectivity index (χ0v) is 14.5. The highest BCUT2D eigenvalue weighted by Crippen LogP contribution is 2.31. The van der Waals surface area contributed by atoms with Crippen molar-refractivity contribution < 1.29 is 27.8 Å². The Labute approximate surface area is 153 Å². The average molecular weight is 385 g/mol. The highest BCUT2D eigenvalue weighted by molar-refractivity contribution is 8.00. The lowest BCUT2D eigenvalue weighted by molar-refractivity contribution is -0.137. The van der Waals surface area contributed by atoms with E-state index in [1.165, 1.54) is 23.9 Å². The molecule has 1 amide bonds. The molecule has 2 rings (SSSR count). The Morgan fingerprint density at radius 3 is 2.58 bits per heavy atom. The van der Waals surface area contributed by atoms with Gasteiger partial charge in [0.05, 0.1) is 11.3 Å². The van der Waals surface area contributed by atoms with Gasteiger partial charge in [-0.3, -0.25) is 4.79 Å². The van der Waals surface area contributed by atoms with Crippen LogP contribution in [0.25, 0.3) is 0 Å². The lowest BCUT2D eigenvalue weighted by Crippen LogP contribution is -2.36. The molecule has 1 unspecified atom stereocenters. The first-order chi connectivity index (χ1) is 12.3. The predicted molar refractivity (Wildman–Crippen MR) is 93.1 cm³/mol. The number of hydrogen-bond acceptors (Lipinski definition) is 4. The van der Waals surface area contributed by atoms with E-state index in [1.54, 1.807) is 0 Å². The molecule has 0 aliphatic rings. The molecule has 140 valence electrons. The maximum absolute atomic E-state index is 12.6. The first kappa shape index (κ1) is 20.1. The minimum absolute atomic E-state index is 0.00448. The summed E-state index contributed by atoms with van der Waals surface area (Å²) in [5.41, 5.74) is -0.823. The monoisotopic (exact) mass is 385 g/mol. The van der Waals surface area contributed by atoms with Crippen LogP contribution in [0.3, 0.4) is 0 Å². The molecule has 0 fully saturated rings. The fourth-order valence-electron chi connectivity index (χ4n) is 1.96. The minimum atomic E-state index is -4.46. The van der Waals surface area contributed by atoms with E-state index in [9.17, 15) is 23.1 Å². The van der Waals surface area contributed by atoms with Gasteiger partial charge in [-0.15, -0.1) is 11.8 Å². The minimum Gasteiger partial charge on any atom is -0.491 e. The van der Waals surface area contributed by atoms with Crippen LogP contribution in [0.1, 0.15) is 5.56 Å². The second kappa shape index (κ2) is 9.49. The van der Waals surface area contributed by atoms with Crippen molar-refractivity contribution in [2.24, 2.45) is 0 Å². The molecule has 2 N–H and O–H groups in total. The van der Waals surface area contributed by atoms with Crippen molar-refractivity contribution in [2.75, 3.05) is 18.9 Å².